The van der Waals surface area contributed by atoms with Crippen LogP contribution < -0.4 is 15.4 Å². The van der Waals surface area contributed by atoms with Crippen LogP contribution in [0.4, 0.5) is 23.7 Å². The van der Waals surface area contributed by atoms with Crippen LogP contribution in [0.2, 0.25) is 0 Å². The van der Waals surface area contributed by atoms with Gasteiger partial charge in [0.15, 0.2) is 11.6 Å². The number of piperidine rings is 1. The molecular formula is C16H22F3N3O2. The number of nitrogens with one attached hydrogen (secondary N) is 2. The highest BCUT2D eigenvalue weighted by Crippen LogP contribution is 2.23. The first-order valence-electron chi connectivity index (χ1n) is 7.85. The maximum absolute atomic E-state index is 13.6. The molecule has 8 heteroatoms. The van der Waals surface area contributed by atoms with Gasteiger partial charge in [0.1, 0.15) is 0 Å². The topological polar surface area (TPSA) is 53.6 Å². The minimum absolute atomic E-state index is 0.00927. The van der Waals surface area contributed by atoms with Crippen LogP contribution in [0.15, 0.2) is 18.2 Å². The van der Waals surface area contributed by atoms with E-state index in [4.69, 9.17) is 0 Å². The number of amides is 2. The normalized spacial score (nSPS) is 17.6. The summed E-state index contributed by atoms with van der Waals surface area (Å²) in [6.45, 7) is 0.831. The van der Waals surface area contributed by atoms with E-state index in [0.29, 0.717) is 5.92 Å². The fourth-order valence-corrected chi connectivity index (χ4v) is 2.79. The summed E-state index contributed by atoms with van der Waals surface area (Å²) in [5.41, 5.74) is 0.169. The first kappa shape index (κ1) is 18.4. The predicted octanol–water partition coefficient (Wildman–Crippen LogP) is 3.28. The average molecular weight is 345 g/mol. The van der Waals surface area contributed by atoms with Crippen molar-refractivity contribution >= 4 is 11.7 Å². The van der Waals surface area contributed by atoms with Gasteiger partial charge in [-0.15, -0.1) is 0 Å². The van der Waals surface area contributed by atoms with Crippen molar-refractivity contribution in [2.75, 3.05) is 25.5 Å². The Morgan fingerprint density at radius 2 is 2.00 bits per heavy atom. The molecule has 1 aromatic rings. The summed E-state index contributed by atoms with van der Waals surface area (Å²) >= 11 is 0. The summed E-state index contributed by atoms with van der Waals surface area (Å²) in [5, 5.41) is 5.34. The third kappa shape index (κ3) is 5.30. The van der Waals surface area contributed by atoms with Crippen LogP contribution in [0.1, 0.15) is 19.8 Å². The summed E-state index contributed by atoms with van der Waals surface area (Å²) in [6, 6.07) is 2.84. The van der Waals surface area contributed by atoms with Gasteiger partial charge in [-0.3, -0.25) is 0 Å². The van der Waals surface area contributed by atoms with Crippen molar-refractivity contribution in [2.24, 2.45) is 5.92 Å². The quantitative estimate of drug-likeness (QED) is 0.861. The second-order valence-corrected chi connectivity index (χ2v) is 6.05. The molecule has 5 nitrogen and oxygen atoms in total. The Balaban J connectivity index is 1.86. The Labute approximate surface area is 139 Å². The summed E-state index contributed by atoms with van der Waals surface area (Å²) < 4.78 is 41.8. The average Bonchev–Trinajstić information content (AvgIpc) is 2.50. The van der Waals surface area contributed by atoms with Gasteiger partial charge in [0.05, 0.1) is 0 Å². The first-order chi connectivity index (χ1) is 11.3. The number of anilines is 1. The number of ether oxygens (including phenoxy) is 1. The van der Waals surface area contributed by atoms with Crippen LogP contribution in [-0.2, 0) is 0 Å². The molecular weight excluding hydrogens is 323 g/mol. The molecule has 0 spiro atoms. The summed E-state index contributed by atoms with van der Waals surface area (Å²) in [4.78, 5) is 14.2. The zero-order valence-electron chi connectivity index (χ0n) is 13.7. The number of nitrogens with zero attached hydrogens (tertiary/aromatic N) is 1. The van der Waals surface area contributed by atoms with Crippen LogP contribution in [0.25, 0.3) is 0 Å². The number of urea groups is 1. The fraction of sp³-hybridized carbons (Fsp3) is 0.562. The van der Waals surface area contributed by atoms with Crippen LogP contribution in [0.3, 0.4) is 0 Å². The number of benzene rings is 1. The van der Waals surface area contributed by atoms with Crippen molar-refractivity contribution in [1.29, 1.82) is 0 Å². The molecule has 0 bridgehead atoms. The highest BCUT2D eigenvalue weighted by atomic mass is 19.3. The van der Waals surface area contributed by atoms with Crippen molar-refractivity contribution in [3.8, 4) is 5.75 Å². The highest BCUT2D eigenvalue weighted by Gasteiger charge is 2.23. The van der Waals surface area contributed by atoms with Gasteiger partial charge in [0.2, 0.25) is 0 Å². The molecule has 2 N–H and O–H groups in total. The van der Waals surface area contributed by atoms with Crippen LogP contribution >= 0.6 is 0 Å². The van der Waals surface area contributed by atoms with E-state index in [2.05, 4.69) is 27.3 Å². The van der Waals surface area contributed by atoms with E-state index in [1.807, 2.05) is 6.92 Å². The molecule has 1 saturated heterocycles. The van der Waals surface area contributed by atoms with Crippen molar-refractivity contribution in [2.45, 2.75) is 32.4 Å². The number of carbonyl (C=O) groups excluding carboxylic acids is 1. The molecule has 0 radical (unpaired) electrons. The third-order valence-electron chi connectivity index (χ3n) is 4.23. The number of hydrogen-bond donors (Lipinski definition) is 2. The van der Waals surface area contributed by atoms with Gasteiger partial charge in [0.25, 0.3) is 0 Å². The smallest absolute Gasteiger partial charge is 0.387 e. The van der Waals surface area contributed by atoms with Crippen LogP contribution in [-0.4, -0.2) is 43.7 Å². The monoisotopic (exact) mass is 345 g/mol. The molecule has 1 atom stereocenters. The maximum atomic E-state index is 13.6. The van der Waals surface area contributed by atoms with Crippen molar-refractivity contribution in [1.82, 2.24) is 10.2 Å². The summed E-state index contributed by atoms with van der Waals surface area (Å²) in [5.74, 6) is -1.13. The third-order valence-corrected chi connectivity index (χ3v) is 4.23. The number of halogens is 3. The molecule has 1 aromatic carbocycles. The molecule has 2 amide bonds. The molecule has 24 heavy (non-hydrogen) atoms. The van der Waals surface area contributed by atoms with E-state index < -0.39 is 24.2 Å². The molecule has 0 saturated carbocycles. The molecule has 1 aliphatic heterocycles. The fourth-order valence-electron chi connectivity index (χ4n) is 2.79. The largest absolute Gasteiger partial charge is 0.432 e. The maximum Gasteiger partial charge on any atom is 0.387 e. The van der Waals surface area contributed by atoms with E-state index in [-0.39, 0.29) is 11.7 Å². The van der Waals surface area contributed by atoms with E-state index in [1.54, 1.807) is 0 Å². The molecule has 0 aliphatic carbocycles. The summed E-state index contributed by atoms with van der Waals surface area (Å²) in [6.07, 6.45) is 2.01. The molecule has 1 heterocycles. The highest BCUT2D eigenvalue weighted by molar-refractivity contribution is 5.89. The van der Waals surface area contributed by atoms with Gasteiger partial charge in [-0.2, -0.15) is 8.78 Å². The van der Waals surface area contributed by atoms with Gasteiger partial charge >= 0.3 is 12.6 Å². The van der Waals surface area contributed by atoms with Crippen molar-refractivity contribution in [3.63, 3.8) is 0 Å². The molecule has 1 unspecified atom stereocenters. The van der Waals surface area contributed by atoms with Gasteiger partial charge in [0, 0.05) is 17.8 Å². The molecule has 0 aromatic heterocycles. The molecule has 1 fully saturated rings. The van der Waals surface area contributed by atoms with Crippen molar-refractivity contribution < 1.29 is 22.7 Å². The minimum Gasteiger partial charge on any atom is -0.432 e. The second kappa shape index (κ2) is 8.23. The predicted molar refractivity (Wildman–Crippen MR) is 84.9 cm³/mol. The molecule has 2 rings (SSSR count). The Morgan fingerprint density at radius 3 is 2.58 bits per heavy atom. The lowest BCUT2D eigenvalue weighted by Crippen LogP contribution is -2.44. The lowest BCUT2D eigenvalue weighted by atomic mass is 9.91. The first-order valence-corrected chi connectivity index (χ1v) is 7.85. The standard InChI is InChI=1S/C16H22F3N3O2/c1-10(11-5-7-22(2)8-6-11)20-16(23)21-12-3-4-14(13(17)9-12)24-15(18)19/h3-4,9-11,15H,5-8H2,1-2H3,(H2,20,21,23). The minimum atomic E-state index is -3.10. The van der Waals surface area contributed by atoms with E-state index >= 15 is 0 Å². The van der Waals surface area contributed by atoms with Gasteiger partial charge in [-0.1, -0.05) is 0 Å². The molecule has 134 valence electrons. The molecule has 1 aliphatic rings. The van der Waals surface area contributed by atoms with Crippen molar-refractivity contribution in [3.05, 3.63) is 24.0 Å². The van der Waals surface area contributed by atoms with E-state index in [9.17, 15) is 18.0 Å². The summed E-state index contributed by atoms with van der Waals surface area (Å²) in [7, 11) is 2.07. The van der Waals surface area contributed by atoms with Crippen LogP contribution in [0, 0.1) is 11.7 Å². The SMILES string of the molecule is CC(NC(=O)Nc1ccc(OC(F)F)c(F)c1)C1CCN(C)CC1. The van der Waals surface area contributed by atoms with Gasteiger partial charge in [-0.25, -0.2) is 9.18 Å². The number of alkyl halides is 2. The number of hydrogen-bond acceptors (Lipinski definition) is 3. The Bertz CT molecular complexity index is 563. The Morgan fingerprint density at radius 1 is 1.33 bits per heavy atom. The van der Waals surface area contributed by atoms with E-state index in [0.717, 1.165) is 38.1 Å². The van der Waals surface area contributed by atoms with Gasteiger partial charge < -0.3 is 20.3 Å². The Kier molecular flexibility index (Phi) is 6.30. The lowest BCUT2D eigenvalue weighted by Gasteiger charge is -2.33. The number of rotatable bonds is 5. The lowest BCUT2D eigenvalue weighted by molar-refractivity contribution is -0.0521. The zero-order valence-corrected chi connectivity index (χ0v) is 13.7. The van der Waals surface area contributed by atoms with Gasteiger partial charge in [-0.05, 0) is 58.0 Å². The zero-order chi connectivity index (χ0) is 17.7. The number of likely N-dealkylation sites (tertiary alicyclic amines) is 1. The van der Waals surface area contributed by atoms with E-state index in [1.165, 1.54) is 6.07 Å². The van der Waals surface area contributed by atoms with Crippen LogP contribution in [0.5, 0.6) is 5.75 Å². The number of carbonyl (C=O) groups is 1. The Hall–Kier alpha value is -1.96. The second-order valence-electron chi connectivity index (χ2n) is 6.05.